The standard InChI is InChI=1S/C29H32N6O5/c1-4-18-17(15-32-26-24(18)25(30)34-29(31)35-26)10-9-16-11-12-21(20-8-6-5-7-19(16)20)27(37)33-22(28(38)40-3)13-14-23(36)39-2/h5-8,11-12,15,22H,4,9-10,13-14H2,1-3H3,(H,33,37)(H4,30,31,32,34,35)/t22-/m0/s1. The molecule has 0 fully saturated rings. The highest BCUT2D eigenvalue weighted by molar-refractivity contribution is 6.08. The molecule has 1 amide bonds. The van der Waals surface area contributed by atoms with Crippen LogP contribution in [0.2, 0.25) is 0 Å². The lowest BCUT2D eigenvalue weighted by molar-refractivity contribution is -0.144. The Morgan fingerprint density at radius 3 is 2.38 bits per heavy atom. The molecule has 0 spiro atoms. The van der Waals surface area contributed by atoms with E-state index < -0.39 is 23.9 Å². The van der Waals surface area contributed by atoms with Gasteiger partial charge in [0.1, 0.15) is 11.9 Å². The van der Waals surface area contributed by atoms with Crippen molar-refractivity contribution in [1.82, 2.24) is 20.3 Å². The van der Waals surface area contributed by atoms with E-state index in [-0.39, 0.29) is 18.8 Å². The zero-order chi connectivity index (χ0) is 28.8. The van der Waals surface area contributed by atoms with Gasteiger partial charge in [-0.05, 0) is 59.2 Å². The van der Waals surface area contributed by atoms with Crippen molar-refractivity contribution in [2.75, 3.05) is 25.7 Å². The van der Waals surface area contributed by atoms with Gasteiger partial charge in [0.25, 0.3) is 5.91 Å². The number of aryl methyl sites for hydroxylation is 3. The lowest BCUT2D eigenvalue weighted by Gasteiger charge is -2.18. The zero-order valence-electron chi connectivity index (χ0n) is 22.7. The number of nitrogens with two attached hydrogens (primary N) is 2. The number of rotatable bonds is 10. The van der Waals surface area contributed by atoms with Crippen LogP contribution in [0.1, 0.15) is 46.8 Å². The first-order chi connectivity index (χ1) is 19.3. The van der Waals surface area contributed by atoms with Crippen LogP contribution in [0.5, 0.6) is 0 Å². The topological polar surface area (TPSA) is 172 Å². The molecule has 0 aliphatic heterocycles. The molecule has 11 nitrogen and oxygen atoms in total. The summed E-state index contributed by atoms with van der Waals surface area (Å²) in [5, 5.41) is 5.10. The van der Waals surface area contributed by atoms with E-state index >= 15 is 0 Å². The Hall–Kier alpha value is -4.80. The minimum Gasteiger partial charge on any atom is -0.469 e. The van der Waals surface area contributed by atoms with Crippen LogP contribution in [-0.4, -0.2) is 53.1 Å². The summed E-state index contributed by atoms with van der Waals surface area (Å²) in [6.07, 6.45) is 3.92. The molecule has 4 aromatic rings. The number of methoxy groups -OCH3 is 2. The first-order valence-corrected chi connectivity index (χ1v) is 12.9. The van der Waals surface area contributed by atoms with Crippen LogP contribution in [0.3, 0.4) is 0 Å². The number of fused-ring (bicyclic) bond motifs is 2. The number of esters is 2. The number of hydrogen-bond donors (Lipinski definition) is 3. The first kappa shape index (κ1) is 28.2. The third-order valence-corrected chi connectivity index (χ3v) is 6.90. The molecular weight excluding hydrogens is 512 g/mol. The number of benzene rings is 2. The van der Waals surface area contributed by atoms with E-state index in [9.17, 15) is 14.4 Å². The highest BCUT2D eigenvalue weighted by atomic mass is 16.5. The molecule has 0 unspecified atom stereocenters. The van der Waals surface area contributed by atoms with Gasteiger partial charge in [0.05, 0.1) is 19.6 Å². The number of pyridine rings is 1. The summed E-state index contributed by atoms with van der Waals surface area (Å²) in [4.78, 5) is 49.9. The van der Waals surface area contributed by atoms with Crippen LogP contribution in [0.15, 0.2) is 42.6 Å². The predicted octanol–water partition coefficient (Wildman–Crippen LogP) is 2.91. The highest BCUT2D eigenvalue weighted by Gasteiger charge is 2.24. The molecule has 2 heterocycles. The fraction of sp³-hybridized carbons (Fsp3) is 0.310. The normalized spacial score (nSPS) is 11.8. The average molecular weight is 545 g/mol. The Morgan fingerprint density at radius 1 is 0.950 bits per heavy atom. The third-order valence-electron chi connectivity index (χ3n) is 6.90. The molecule has 208 valence electrons. The average Bonchev–Trinajstić information content (AvgIpc) is 2.96. The van der Waals surface area contributed by atoms with Gasteiger partial charge >= 0.3 is 11.9 Å². The van der Waals surface area contributed by atoms with E-state index in [1.54, 1.807) is 12.3 Å². The molecular formula is C29H32N6O5. The predicted molar refractivity (Wildman–Crippen MR) is 151 cm³/mol. The first-order valence-electron chi connectivity index (χ1n) is 12.9. The van der Waals surface area contributed by atoms with Crippen LogP contribution in [0.4, 0.5) is 11.8 Å². The van der Waals surface area contributed by atoms with Crippen LogP contribution in [0.25, 0.3) is 21.8 Å². The Kier molecular flexibility index (Phi) is 8.73. The molecule has 2 aromatic heterocycles. The third kappa shape index (κ3) is 5.93. The summed E-state index contributed by atoms with van der Waals surface area (Å²) in [6.45, 7) is 2.05. The van der Waals surface area contributed by atoms with Gasteiger partial charge in [-0.15, -0.1) is 0 Å². The van der Waals surface area contributed by atoms with Crippen molar-refractivity contribution in [1.29, 1.82) is 0 Å². The van der Waals surface area contributed by atoms with Crippen molar-refractivity contribution in [2.24, 2.45) is 0 Å². The molecule has 0 saturated heterocycles. The number of nitrogen functional groups attached to an aromatic ring is 2. The van der Waals surface area contributed by atoms with Gasteiger partial charge in [-0.2, -0.15) is 9.97 Å². The Morgan fingerprint density at radius 2 is 1.68 bits per heavy atom. The second-order valence-electron chi connectivity index (χ2n) is 9.26. The fourth-order valence-electron chi connectivity index (χ4n) is 4.90. The summed E-state index contributed by atoms with van der Waals surface area (Å²) in [6, 6.07) is 10.3. The molecule has 2 aromatic carbocycles. The monoisotopic (exact) mass is 544 g/mol. The van der Waals surface area contributed by atoms with Crippen molar-refractivity contribution in [3.8, 4) is 0 Å². The largest absolute Gasteiger partial charge is 0.469 e. The lowest BCUT2D eigenvalue weighted by atomic mass is 9.93. The number of hydrogen-bond acceptors (Lipinski definition) is 10. The Bertz CT molecular complexity index is 1590. The van der Waals surface area contributed by atoms with Gasteiger partial charge in [0.15, 0.2) is 5.65 Å². The van der Waals surface area contributed by atoms with E-state index in [0.29, 0.717) is 29.9 Å². The maximum absolute atomic E-state index is 13.3. The SMILES string of the molecule is CCc1c(CCc2ccc(C(=O)N[C@@H](CCC(=O)OC)C(=O)OC)c3ccccc23)cnc2nc(N)nc(N)c12. The summed E-state index contributed by atoms with van der Waals surface area (Å²) < 4.78 is 9.47. The van der Waals surface area contributed by atoms with Crippen molar-refractivity contribution in [2.45, 2.75) is 45.1 Å². The van der Waals surface area contributed by atoms with Gasteiger partial charge in [0.2, 0.25) is 5.95 Å². The number of nitrogens with one attached hydrogen (secondary N) is 1. The molecule has 4 rings (SSSR count). The molecule has 1 atom stereocenters. The second kappa shape index (κ2) is 12.4. The van der Waals surface area contributed by atoms with Crippen molar-refractivity contribution >= 4 is 51.4 Å². The molecule has 0 aliphatic rings. The quantitative estimate of drug-likeness (QED) is 0.252. The van der Waals surface area contributed by atoms with Crippen molar-refractivity contribution < 1.29 is 23.9 Å². The van der Waals surface area contributed by atoms with E-state index in [1.807, 2.05) is 37.3 Å². The van der Waals surface area contributed by atoms with E-state index in [1.165, 1.54) is 14.2 Å². The molecule has 11 heteroatoms. The molecule has 5 N–H and O–H groups in total. The van der Waals surface area contributed by atoms with E-state index in [2.05, 4.69) is 25.0 Å². The van der Waals surface area contributed by atoms with Gasteiger partial charge in [-0.25, -0.2) is 9.78 Å². The highest BCUT2D eigenvalue weighted by Crippen LogP contribution is 2.28. The van der Waals surface area contributed by atoms with Crippen LogP contribution in [-0.2, 0) is 38.3 Å². The van der Waals surface area contributed by atoms with E-state index in [0.717, 1.165) is 39.3 Å². The number of amides is 1. The smallest absolute Gasteiger partial charge is 0.328 e. The molecule has 0 bridgehead atoms. The second-order valence-corrected chi connectivity index (χ2v) is 9.26. The number of aromatic nitrogens is 3. The molecule has 0 saturated carbocycles. The van der Waals surface area contributed by atoms with Gasteiger partial charge < -0.3 is 26.3 Å². The van der Waals surface area contributed by atoms with Crippen LogP contribution in [0, 0.1) is 0 Å². The summed E-state index contributed by atoms with van der Waals surface area (Å²) in [7, 11) is 2.50. The number of ether oxygens (including phenoxy) is 2. The number of carbonyl (C=O) groups is 3. The van der Waals surface area contributed by atoms with Gasteiger partial charge in [-0.3, -0.25) is 9.59 Å². The summed E-state index contributed by atoms with van der Waals surface area (Å²) >= 11 is 0. The molecule has 0 aliphatic carbocycles. The van der Waals surface area contributed by atoms with Crippen LogP contribution < -0.4 is 16.8 Å². The maximum atomic E-state index is 13.3. The maximum Gasteiger partial charge on any atom is 0.328 e. The Labute approximate surface area is 231 Å². The number of carbonyl (C=O) groups excluding carboxylic acids is 3. The molecule has 0 radical (unpaired) electrons. The van der Waals surface area contributed by atoms with Crippen LogP contribution >= 0.6 is 0 Å². The number of anilines is 2. The van der Waals surface area contributed by atoms with Crippen molar-refractivity contribution in [3.63, 3.8) is 0 Å². The zero-order valence-corrected chi connectivity index (χ0v) is 22.7. The summed E-state index contributed by atoms with van der Waals surface area (Å²) in [5.74, 6) is -1.16. The minimum atomic E-state index is -0.991. The number of nitrogens with zero attached hydrogens (tertiary/aromatic N) is 3. The molecule has 40 heavy (non-hydrogen) atoms. The fourth-order valence-corrected chi connectivity index (χ4v) is 4.90. The van der Waals surface area contributed by atoms with Gasteiger partial charge in [-0.1, -0.05) is 37.3 Å². The lowest BCUT2D eigenvalue weighted by Crippen LogP contribution is -2.42. The van der Waals surface area contributed by atoms with Crippen molar-refractivity contribution in [3.05, 3.63) is 64.8 Å². The Balaban J connectivity index is 1.61. The van der Waals surface area contributed by atoms with E-state index in [4.69, 9.17) is 16.2 Å². The minimum absolute atomic E-state index is 0.0369. The van der Waals surface area contributed by atoms with Gasteiger partial charge in [0, 0.05) is 18.2 Å². The summed E-state index contributed by atoms with van der Waals surface area (Å²) in [5.41, 5.74) is 15.9.